The molecule has 1 aromatic carbocycles. The fourth-order valence-electron chi connectivity index (χ4n) is 3.94. The molecule has 4 rings (SSSR count). The van der Waals surface area contributed by atoms with Crippen LogP contribution in [-0.4, -0.2) is 66.9 Å². The second-order valence-corrected chi connectivity index (χ2v) is 7.38. The molecule has 1 aromatic heterocycles. The monoisotopic (exact) mass is 384 g/mol. The highest BCUT2D eigenvalue weighted by Gasteiger charge is 2.27. The van der Waals surface area contributed by atoms with E-state index in [2.05, 4.69) is 19.8 Å². The largest absolute Gasteiger partial charge is 0.497 e. The minimum Gasteiger partial charge on any atom is -0.497 e. The van der Waals surface area contributed by atoms with Crippen LogP contribution in [0.3, 0.4) is 0 Å². The number of nitrogens with one attached hydrogen (secondary N) is 1. The smallest absolute Gasteiger partial charge is 0.224 e. The van der Waals surface area contributed by atoms with Gasteiger partial charge in [0.15, 0.2) is 0 Å². The van der Waals surface area contributed by atoms with Crippen molar-refractivity contribution in [2.75, 3.05) is 46.5 Å². The first-order valence-corrected chi connectivity index (χ1v) is 10.0. The number of methoxy groups -OCH3 is 1. The Bertz CT molecular complexity index is 796. The van der Waals surface area contributed by atoms with Crippen molar-refractivity contribution < 1.29 is 14.3 Å². The summed E-state index contributed by atoms with van der Waals surface area (Å²) in [6.45, 7) is 5.72. The van der Waals surface area contributed by atoms with Crippen LogP contribution in [0.1, 0.15) is 12.2 Å². The molecule has 0 bridgehead atoms. The van der Waals surface area contributed by atoms with E-state index in [4.69, 9.17) is 9.47 Å². The molecule has 3 heterocycles. The summed E-state index contributed by atoms with van der Waals surface area (Å²) in [5.74, 6) is 2.03. The quantitative estimate of drug-likeness (QED) is 0.819. The van der Waals surface area contributed by atoms with Crippen molar-refractivity contribution in [3.05, 3.63) is 36.3 Å². The van der Waals surface area contributed by atoms with E-state index in [1.807, 2.05) is 30.5 Å². The lowest BCUT2D eigenvalue weighted by molar-refractivity contribution is -0.126. The summed E-state index contributed by atoms with van der Waals surface area (Å²) in [5.41, 5.74) is 2.15. The maximum atomic E-state index is 12.7. The van der Waals surface area contributed by atoms with Crippen molar-refractivity contribution in [1.82, 2.24) is 19.8 Å². The molecule has 1 unspecified atom stereocenters. The number of rotatable bonds is 6. The zero-order valence-electron chi connectivity index (χ0n) is 16.4. The second kappa shape index (κ2) is 8.75. The number of carbonyl (C=O) groups is 1. The van der Waals surface area contributed by atoms with Gasteiger partial charge < -0.3 is 19.4 Å². The molecular weight excluding hydrogens is 356 g/mol. The Labute approximate surface area is 165 Å². The molecule has 7 heteroatoms. The first kappa shape index (κ1) is 19.0. The number of carbonyl (C=O) groups excluding carboxylic acids is 1. The molecule has 0 radical (unpaired) electrons. The fraction of sp³-hybridized carbons (Fsp3) is 0.524. The number of morpholine rings is 1. The third-order valence-electron chi connectivity index (χ3n) is 5.65. The van der Waals surface area contributed by atoms with Crippen molar-refractivity contribution in [2.24, 2.45) is 5.92 Å². The van der Waals surface area contributed by atoms with Crippen molar-refractivity contribution in [3.63, 3.8) is 0 Å². The molecule has 150 valence electrons. The summed E-state index contributed by atoms with van der Waals surface area (Å²) < 4.78 is 12.8. The van der Waals surface area contributed by atoms with Gasteiger partial charge in [0, 0.05) is 44.7 Å². The number of hydrogen-bond acceptors (Lipinski definition) is 5. The Hall–Kier alpha value is -2.38. The predicted molar refractivity (Wildman–Crippen MR) is 106 cm³/mol. The maximum absolute atomic E-state index is 12.7. The number of aryl methyl sites for hydroxylation is 1. The first-order chi connectivity index (χ1) is 13.7. The summed E-state index contributed by atoms with van der Waals surface area (Å²) >= 11 is 0. The Balaban J connectivity index is 1.36. The van der Waals surface area contributed by atoms with E-state index in [-0.39, 0.29) is 11.8 Å². The molecule has 2 aromatic rings. The van der Waals surface area contributed by atoms with Crippen LogP contribution in [0.25, 0.3) is 11.3 Å². The standard InChI is InChI=1S/C21H28N4O3/c1-27-18-5-2-16(3-6-18)19-14-23-20-7-4-17(15-25(19)20)21(26)22-8-9-24-10-12-28-13-11-24/h2-3,5-6,14,17H,4,7-13,15H2,1H3,(H,22,26). The molecule has 0 saturated carbocycles. The van der Waals surface area contributed by atoms with Gasteiger partial charge in [-0.2, -0.15) is 0 Å². The van der Waals surface area contributed by atoms with Crippen LogP contribution in [0, 0.1) is 5.92 Å². The Morgan fingerprint density at radius 3 is 2.82 bits per heavy atom. The van der Waals surface area contributed by atoms with Crippen LogP contribution in [0.5, 0.6) is 5.75 Å². The highest BCUT2D eigenvalue weighted by atomic mass is 16.5. The summed E-state index contributed by atoms with van der Waals surface area (Å²) in [6, 6.07) is 7.98. The molecule has 7 nitrogen and oxygen atoms in total. The lowest BCUT2D eigenvalue weighted by Crippen LogP contribution is -2.43. The van der Waals surface area contributed by atoms with E-state index in [1.54, 1.807) is 7.11 Å². The molecule has 2 aliphatic heterocycles. The zero-order chi connectivity index (χ0) is 19.3. The number of benzene rings is 1. The first-order valence-electron chi connectivity index (χ1n) is 10.0. The molecule has 2 aliphatic rings. The van der Waals surface area contributed by atoms with Gasteiger partial charge in [-0.3, -0.25) is 9.69 Å². The van der Waals surface area contributed by atoms with Crippen LogP contribution in [0.4, 0.5) is 0 Å². The van der Waals surface area contributed by atoms with E-state index in [1.165, 1.54) is 0 Å². The van der Waals surface area contributed by atoms with Gasteiger partial charge in [-0.15, -0.1) is 0 Å². The van der Waals surface area contributed by atoms with Gasteiger partial charge in [-0.25, -0.2) is 4.98 Å². The summed E-state index contributed by atoms with van der Waals surface area (Å²) in [6.07, 6.45) is 3.59. The average molecular weight is 384 g/mol. The van der Waals surface area contributed by atoms with Gasteiger partial charge in [0.2, 0.25) is 5.91 Å². The molecule has 1 saturated heterocycles. The van der Waals surface area contributed by atoms with Crippen LogP contribution in [-0.2, 0) is 22.5 Å². The Morgan fingerprint density at radius 2 is 2.07 bits per heavy atom. The average Bonchev–Trinajstić information content (AvgIpc) is 3.18. The lowest BCUT2D eigenvalue weighted by atomic mass is 9.98. The van der Waals surface area contributed by atoms with Gasteiger partial charge in [0.1, 0.15) is 11.6 Å². The Kier molecular flexibility index (Phi) is 5.92. The molecule has 1 amide bonds. The van der Waals surface area contributed by atoms with E-state index in [0.717, 1.165) is 68.5 Å². The van der Waals surface area contributed by atoms with Crippen LogP contribution in [0.15, 0.2) is 30.5 Å². The van der Waals surface area contributed by atoms with E-state index >= 15 is 0 Å². The number of nitrogens with zero attached hydrogens (tertiary/aromatic N) is 3. The second-order valence-electron chi connectivity index (χ2n) is 7.38. The van der Waals surface area contributed by atoms with Crippen molar-refractivity contribution >= 4 is 5.91 Å². The highest BCUT2D eigenvalue weighted by Crippen LogP contribution is 2.28. The van der Waals surface area contributed by atoms with Gasteiger partial charge in [0.05, 0.1) is 38.1 Å². The van der Waals surface area contributed by atoms with Crippen molar-refractivity contribution in [3.8, 4) is 17.0 Å². The van der Waals surface area contributed by atoms with Gasteiger partial charge in [0.25, 0.3) is 0 Å². The van der Waals surface area contributed by atoms with Crippen LogP contribution < -0.4 is 10.1 Å². The zero-order valence-corrected chi connectivity index (χ0v) is 16.4. The molecule has 0 spiro atoms. The fourth-order valence-corrected chi connectivity index (χ4v) is 3.94. The van der Waals surface area contributed by atoms with Gasteiger partial charge in [-0.1, -0.05) is 0 Å². The number of aromatic nitrogens is 2. The van der Waals surface area contributed by atoms with Crippen molar-refractivity contribution in [1.29, 1.82) is 0 Å². The van der Waals surface area contributed by atoms with E-state index in [9.17, 15) is 4.79 Å². The lowest BCUT2D eigenvalue weighted by Gasteiger charge is -2.28. The third kappa shape index (κ3) is 4.20. The number of amides is 1. The number of ether oxygens (including phenoxy) is 2. The number of imidazole rings is 1. The maximum Gasteiger partial charge on any atom is 0.224 e. The molecule has 28 heavy (non-hydrogen) atoms. The van der Waals surface area contributed by atoms with E-state index in [0.29, 0.717) is 13.1 Å². The molecule has 0 aliphatic carbocycles. The predicted octanol–water partition coefficient (Wildman–Crippen LogP) is 1.57. The molecule has 1 N–H and O–H groups in total. The minimum absolute atomic E-state index is 0.0108. The van der Waals surface area contributed by atoms with Crippen LogP contribution >= 0.6 is 0 Å². The Morgan fingerprint density at radius 1 is 1.29 bits per heavy atom. The van der Waals surface area contributed by atoms with Crippen molar-refractivity contribution in [2.45, 2.75) is 19.4 Å². The van der Waals surface area contributed by atoms with Gasteiger partial charge in [-0.05, 0) is 30.7 Å². The topological polar surface area (TPSA) is 68.6 Å². The van der Waals surface area contributed by atoms with E-state index < -0.39 is 0 Å². The summed E-state index contributed by atoms with van der Waals surface area (Å²) in [5, 5.41) is 3.13. The SMILES string of the molecule is COc1ccc(-c2cnc3n2CC(C(=O)NCCN2CCOCC2)CC3)cc1. The minimum atomic E-state index is -0.0108. The van der Waals surface area contributed by atoms with Gasteiger partial charge >= 0.3 is 0 Å². The summed E-state index contributed by atoms with van der Waals surface area (Å²) in [7, 11) is 1.66. The molecule has 1 fully saturated rings. The number of hydrogen-bond donors (Lipinski definition) is 1. The number of fused-ring (bicyclic) bond motifs is 1. The third-order valence-corrected chi connectivity index (χ3v) is 5.65. The molecular formula is C21H28N4O3. The van der Waals surface area contributed by atoms with Crippen LogP contribution in [0.2, 0.25) is 0 Å². The molecule has 1 atom stereocenters. The summed E-state index contributed by atoms with van der Waals surface area (Å²) in [4.78, 5) is 19.6. The highest BCUT2D eigenvalue weighted by molar-refractivity contribution is 5.79. The normalized spacial score (nSPS) is 19.8.